The second-order valence-corrected chi connectivity index (χ2v) is 9.21. The van der Waals surface area contributed by atoms with Gasteiger partial charge in [0, 0.05) is 6.54 Å². The summed E-state index contributed by atoms with van der Waals surface area (Å²) in [6, 6.07) is 17.2. The fourth-order valence-electron chi connectivity index (χ4n) is 3.65. The van der Waals surface area contributed by atoms with Gasteiger partial charge in [-0.05, 0) is 37.0 Å². The molecule has 32 heavy (non-hydrogen) atoms. The first-order valence-electron chi connectivity index (χ1n) is 10.8. The molecule has 1 unspecified atom stereocenters. The normalized spacial score (nSPS) is 12.5. The lowest BCUT2D eigenvalue weighted by atomic mass is 10.1. The summed E-state index contributed by atoms with van der Waals surface area (Å²) in [7, 11) is 0. The van der Waals surface area contributed by atoms with Gasteiger partial charge in [0.15, 0.2) is 5.16 Å². The van der Waals surface area contributed by atoms with E-state index in [-0.39, 0.29) is 23.3 Å². The SMILES string of the molecule is CC(C)CCn1c(=O)c2ccccc2n2c(SCC(=O)NC(C)c3ccccc3)nnc12. The lowest BCUT2D eigenvalue weighted by Gasteiger charge is -2.14. The highest BCUT2D eigenvalue weighted by Crippen LogP contribution is 2.22. The van der Waals surface area contributed by atoms with E-state index in [1.807, 2.05) is 65.9 Å². The van der Waals surface area contributed by atoms with Crippen LogP contribution in [0.15, 0.2) is 64.5 Å². The molecule has 0 aliphatic heterocycles. The van der Waals surface area contributed by atoms with Crippen molar-refractivity contribution in [1.29, 1.82) is 0 Å². The predicted octanol–water partition coefficient (Wildman–Crippen LogP) is 4.06. The molecule has 4 aromatic rings. The van der Waals surface area contributed by atoms with E-state index < -0.39 is 0 Å². The van der Waals surface area contributed by atoms with Gasteiger partial charge < -0.3 is 5.32 Å². The molecular weight excluding hydrogens is 422 g/mol. The van der Waals surface area contributed by atoms with Crippen molar-refractivity contribution in [1.82, 2.24) is 24.5 Å². The third-order valence-electron chi connectivity index (χ3n) is 5.42. The molecule has 2 aromatic carbocycles. The molecule has 166 valence electrons. The Labute approximate surface area is 190 Å². The summed E-state index contributed by atoms with van der Waals surface area (Å²) < 4.78 is 3.58. The van der Waals surface area contributed by atoms with E-state index in [1.165, 1.54) is 11.8 Å². The van der Waals surface area contributed by atoms with E-state index in [9.17, 15) is 9.59 Å². The fraction of sp³-hybridized carbons (Fsp3) is 0.333. The molecule has 0 aliphatic carbocycles. The van der Waals surface area contributed by atoms with Crippen LogP contribution >= 0.6 is 11.8 Å². The number of nitrogens with zero attached hydrogens (tertiary/aromatic N) is 4. The van der Waals surface area contributed by atoms with Gasteiger partial charge in [0.25, 0.3) is 5.56 Å². The molecule has 0 saturated heterocycles. The topological polar surface area (TPSA) is 81.3 Å². The van der Waals surface area contributed by atoms with Crippen LogP contribution in [-0.2, 0) is 11.3 Å². The fourth-order valence-corrected chi connectivity index (χ4v) is 4.41. The number of rotatable bonds is 8. The van der Waals surface area contributed by atoms with Crippen LogP contribution in [-0.4, -0.2) is 30.8 Å². The highest BCUT2D eigenvalue weighted by atomic mass is 32.2. The van der Waals surface area contributed by atoms with Gasteiger partial charge in [0.05, 0.1) is 22.7 Å². The van der Waals surface area contributed by atoms with Gasteiger partial charge in [-0.3, -0.25) is 18.6 Å². The van der Waals surface area contributed by atoms with Crippen molar-refractivity contribution in [3.63, 3.8) is 0 Å². The molecule has 2 heterocycles. The minimum Gasteiger partial charge on any atom is -0.349 e. The summed E-state index contributed by atoms with van der Waals surface area (Å²) in [6.07, 6.45) is 0.864. The maximum atomic E-state index is 13.1. The summed E-state index contributed by atoms with van der Waals surface area (Å²) in [5.74, 6) is 1.09. The minimum absolute atomic E-state index is 0.0628. The molecule has 1 atom stereocenters. The third kappa shape index (κ3) is 4.55. The summed E-state index contributed by atoms with van der Waals surface area (Å²) in [6.45, 7) is 6.79. The van der Waals surface area contributed by atoms with Crippen LogP contribution in [0.1, 0.15) is 38.8 Å². The molecule has 4 rings (SSSR count). The van der Waals surface area contributed by atoms with Gasteiger partial charge >= 0.3 is 0 Å². The number of carbonyl (C=O) groups excluding carboxylic acids is 1. The smallest absolute Gasteiger partial charge is 0.262 e. The van der Waals surface area contributed by atoms with E-state index in [0.717, 1.165) is 17.5 Å². The lowest BCUT2D eigenvalue weighted by Crippen LogP contribution is -2.28. The third-order valence-corrected chi connectivity index (χ3v) is 6.35. The molecule has 0 aliphatic rings. The first-order chi connectivity index (χ1) is 15.5. The highest BCUT2D eigenvalue weighted by molar-refractivity contribution is 7.99. The number of amides is 1. The Morgan fingerprint density at radius 1 is 1.03 bits per heavy atom. The average molecular weight is 450 g/mol. The first-order valence-corrected chi connectivity index (χ1v) is 11.8. The van der Waals surface area contributed by atoms with E-state index in [1.54, 1.807) is 4.57 Å². The van der Waals surface area contributed by atoms with Crippen LogP contribution in [0.5, 0.6) is 0 Å². The van der Waals surface area contributed by atoms with Gasteiger partial charge in [-0.15, -0.1) is 10.2 Å². The van der Waals surface area contributed by atoms with Gasteiger partial charge in [0.1, 0.15) is 0 Å². The van der Waals surface area contributed by atoms with Crippen molar-refractivity contribution in [2.45, 2.75) is 44.9 Å². The number of aromatic nitrogens is 4. The summed E-state index contributed by atoms with van der Waals surface area (Å²) >= 11 is 1.32. The number of carbonyl (C=O) groups is 1. The van der Waals surface area contributed by atoms with E-state index >= 15 is 0 Å². The number of nitrogens with one attached hydrogen (secondary N) is 1. The zero-order valence-corrected chi connectivity index (χ0v) is 19.3. The molecular formula is C24H27N5O2S. The zero-order chi connectivity index (χ0) is 22.7. The molecule has 8 heteroatoms. The van der Waals surface area contributed by atoms with Crippen molar-refractivity contribution in [2.75, 3.05) is 5.75 Å². The molecule has 1 amide bonds. The zero-order valence-electron chi connectivity index (χ0n) is 18.5. The maximum Gasteiger partial charge on any atom is 0.262 e. The number of benzene rings is 2. The molecule has 2 aromatic heterocycles. The van der Waals surface area contributed by atoms with E-state index in [2.05, 4.69) is 29.4 Å². The minimum atomic E-state index is -0.0828. The Hall–Kier alpha value is -3.13. The summed E-state index contributed by atoms with van der Waals surface area (Å²) in [4.78, 5) is 25.7. The number of aryl methyl sites for hydroxylation is 1. The van der Waals surface area contributed by atoms with Crippen LogP contribution in [0.4, 0.5) is 0 Å². The molecule has 0 fully saturated rings. The largest absolute Gasteiger partial charge is 0.349 e. The number of fused-ring (bicyclic) bond motifs is 3. The van der Waals surface area contributed by atoms with Crippen molar-refractivity contribution < 1.29 is 4.79 Å². The Morgan fingerprint density at radius 2 is 1.75 bits per heavy atom. The second kappa shape index (κ2) is 9.56. The average Bonchev–Trinajstić information content (AvgIpc) is 3.22. The van der Waals surface area contributed by atoms with Gasteiger partial charge in [-0.25, -0.2) is 0 Å². The van der Waals surface area contributed by atoms with Gasteiger partial charge in [0.2, 0.25) is 11.7 Å². The Kier molecular flexibility index (Phi) is 6.60. The van der Waals surface area contributed by atoms with Crippen LogP contribution < -0.4 is 10.9 Å². The van der Waals surface area contributed by atoms with E-state index in [4.69, 9.17) is 0 Å². The Morgan fingerprint density at radius 3 is 2.50 bits per heavy atom. The molecule has 0 saturated carbocycles. The van der Waals surface area contributed by atoms with Gasteiger partial charge in [-0.1, -0.05) is 68.1 Å². The first kappa shape index (κ1) is 22.1. The Bertz CT molecular complexity index is 1300. The van der Waals surface area contributed by atoms with Crippen molar-refractivity contribution in [3.05, 3.63) is 70.5 Å². The predicted molar refractivity (Wildman–Crippen MR) is 128 cm³/mol. The maximum absolute atomic E-state index is 13.1. The number of thioether (sulfide) groups is 1. The van der Waals surface area contributed by atoms with Crippen molar-refractivity contribution in [2.24, 2.45) is 5.92 Å². The molecule has 0 radical (unpaired) electrons. The number of hydrogen-bond acceptors (Lipinski definition) is 5. The Balaban J connectivity index is 1.61. The van der Waals surface area contributed by atoms with E-state index in [0.29, 0.717) is 28.8 Å². The van der Waals surface area contributed by atoms with Crippen LogP contribution in [0, 0.1) is 5.92 Å². The molecule has 0 spiro atoms. The lowest BCUT2D eigenvalue weighted by molar-refractivity contribution is -0.119. The molecule has 0 bridgehead atoms. The summed E-state index contributed by atoms with van der Waals surface area (Å²) in [5, 5.41) is 12.9. The van der Waals surface area contributed by atoms with Crippen molar-refractivity contribution >= 4 is 34.3 Å². The molecule has 1 N–H and O–H groups in total. The summed E-state index contributed by atoms with van der Waals surface area (Å²) in [5.41, 5.74) is 1.74. The molecule has 7 nitrogen and oxygen atoms in total. The van der Waals surface area contributed by atoms with Crippen LogP contribution in [0.3, 0.4) is 0 Å². The number of para-hydroxylation sites is 1. The monoisotopic (exact) mass is 449 g/mol. The van der Waals surface area contributed by atoms with Crippen molar-refractivity contribution in [3.8, 4) is 0 Å². The quantitative estimate of drug-likeness (QED) is 0.410. The van der Waals surface area contributed by atoms with Crippen LogP contribution in [0.2, 0.25) is 0 Å². The second-order valence-electron chi connectivity index (χ2n) is 8.26. The van der Waals surface area contributed by atoms with Crippen LogP contribution in [0.25, 0.3) is 16.7 Å². The highest BCUT2D eigenvalue weighted by Gasteiger charge is 2.18. The number of hydrogen-bond donors (Lipinski definition) is 1. The standard InChI is InChI=1S/C24H27N5O2S/c1-16(2)13-14-28-22(31)19-11-7-8-12-20(19)29-23(28)26-27-24(29)32-15-21(30)25-17(3)18-9-5-4-6-10-18/h4-12,16-17H,13-15H2,1-3H3,(H,25,30). The van der Waals surface area contributed by atoms with Gasteiger partial charge in [-0.2, -0.15) is 0 Å².